The number of carbonyl (C=O) groups is 1. The summed E-state index contributed by atoms with van der Waals surface area (Å²) < 4.78 is -0.508. The number of anilines is 4. The summed E-state index contributed by atoms with van der Waals surface area (Å²) in [5.74, 6) is 2.05. The van der Waals surface area contributed by atoms with Gasteiger partial charge in [-0.2, -0.15) is 4.98 Å². The van der Waals surface area contributed by atoms with Crippen molar-refractivity contribution in [2.24, 2.45) is 0 Å². The second kappa shape index (κ2) is 9.34. The summed E-state index contributed by atoms with van der Waals surface area (Å²) in [6, 6.07) is 4.89. The second-order valence-electron chi connectivity index (χ2n) is 10.3. The molecule has 0 radical (unpaired) electrons. The van der Waals surface area contributed by atoms with Crippen molar-refractivity contribution in [3.63, 3.8) is 0 Å². The number of carbonyl (C=O) groups excluding carboxylic acids is 1. The molecule has 182 valence electrons. The standard InChI is InChI=1S/C25H35N7OS/c1-17(2)30-11-13-31(14-12-30)19-9-10-21(26-15-19)28-24-27-16-20-22(29-24)32(18-7-5-6-8-18)23(33)25(3,4)34-20/h9-10,15-18H,5-8,11-14H2,1-4H3,(H,26,27,28,29). The van der Waals surface area contributed by atoms with Crippen LogP contribution in [0.25, 0.3) is 0 Å². The van der Waals surface area contributed by atoms with Crippen molar-refractivity contribution in [2.45, 2.75) is 75.1 Å². The van der Waals surface area contributed by atoms with Gasteiger partial charge in [0.25, 0.3) is 0 Å². The smallest absolute Gasteiger partial charge is 0.244 e. The van der Waals surface area contributed by atoms with E-state index in [9.17, 15) is 4.79 Å². The van der Waals surface area contributed by atoms with Gasteiger partial charge in [-0.25, -0.2) is 9.97 Å². The van der Waals surface area contributed by atoms with E-state index in [-0.39, 0.29) is 11.9 Å². The molecule has 3 aliphatic rings. The van der Waals surface area contributed by atoms with E-state index in [2.05, 4.69) is 45.0 Å². The molecule has 4 heterocycles. The first-order valence-corrected chi connectivity index (χ1v) is 13.3. The number of nitrogens with zero attached hydrogens (tertiary/aromatic N) is 6. The van der Waals surface area contributed by atoms with E-state index in [0.29, 0.717) is 17.8 Å². The highest BCUT2D eigenvalue weighted by molar-refractivity contribution is 8.01. The van der Waals surface area contributed by atoms with E-state index in [0.717, 1.165) is 68.3 Å². The van der Waals surface area contributed by atoms with Crippen molar-refractivity contribution in [3.05, 3.63) is 24.5 Å². The van der Waals surface area contributed by atoms with Gasteiger partial charge in [0.2, 0.25) is 11.9 Å². The molecule has 2 aromatic rings. The van der Waals surface area contributed by atoms with E-state index in [1.165, 1.54) is 0 Å². The summed E-state index contributed by atoms with van der Waals surface area (Å²) >= 11 is 1.55. The second-order valence-corrected chi connectivity index (χ2v) is 11.9. The number of amides is 1. The van der Waals surface area contributed by atoms with Crippen LogP contribution in [-0.2, 0) is 4.79 Å². The number of hydrogen-bond acceptors (Lipinski definition) is 8. The first kappa shape index (κ1) is 23.4. The predicted octanol–water partition coefficient (Wildman–Crippen LogP) is 4.31. The molecule has 2 aromatic heterocycles. The van der Waals surface area contributed by atoms with Gasteiger partial charge in [-0.3, -0.25) is 14.6 Å². The third-order valence-corrected chi connectivity index (χ3v) is 8.34. The van der Waals surface area contributed by atoms with Gasteiger partial charge in [-0.15, -0.1) is 11.8 Å². The molecule has 1 saturated heterocycles. The quantitative estimate of drug-likeness (QED) is 0.677. The van der Waals surface area contributed by atoms with E-state index in [4.69, 9.17) is 4.98 Å². The Balaban J connectivity index is 1.32. The van der Waals surface area contributed by atoms with Crippen molar-refractivity contribution in [2.75, 3.05) is 41.3 Å². The summed E-state index contributed by atoms with van der Waals surface area (Å²) in [5, 5.41) is 3.25. The number of hydrogen-bond donors (Lipinski definition) is 1. The summed E-state index contributed by atoms with van der Waals surface area (Å²) in [6.45, 7) is 12.7. The van der Waals surface area contributed by atoms with Gasteiger partial charge < -0.3 is 10.2 Å². The minimum Gasteiger partial charge on any atom is -0.368 e. The molecule has 5 rings (SSSR count). The fraction of sp³-hybridized carbons (Fsp3) is 0.600. The third kappa shape index (κ3) is 4.60. The number of rotatable bonds is 5. The molecule has 2 fully saturated rings. The van der Waals surface area contributed by atoms with Crippen LogP contribution in [0.3, 0.4) is 0 Å². The SMILES string of the molecule is CC(C)N1CCN(c2ccc(Nc3ncc4c(n3)N(C3CCCC3)C(=O)C(C)(C)S4)nc2)CC1. The van der Waals surface area contributed by atoms with Gasteiger partial charge in [0, 0.05) is 44.5 Å². The average Bonchev–Trinajstić information content (AvgIpc) is 3.35. The lowest BCUT2D eigenvalue weighted by atomic mass is 10.1. The highest BCUT2D eigenvalue weighted by Gasteiger charge is 2.44. The van der Waals surface area contributed by atoms with Crippen LogP contribution in [0, 0.1) is 0 Å². The molecule has 0 atom stereocenters. The van der Waals surface area contributed by atoms with E-state index in [1.54, 1.807) is 11.8 Å². The maximum Gasteiger partial charge on any atom is 0.244 e. The summed E-state index contributed by atoms with van der Waals surface area (Å²) in [4.78, 5) is 35.1. The molecule has 1 N–H and O–H groups in total. The minimum absolute atomic E-state index is 0.140. The molecule has 0 spiro atoms. The van der Waals surface area contributed by atoms with Crippen LogP contribution in [0.1, 0.15) is 53.4 Å². The summed E-state index contributed by atoms with van der Waals surface area (Å²) in [6.07, 6.45) is 8.15. The lowest BCUT2D eigenvalue weighted by Gasteiger charge is -2.40. The van der Waals surface area contributed by atoms with Gasteiger partial charge in [0.15, 0.2) is 5.82 Å². The van der Waals surface area contributed by atoms with Gasteiger partial charge in [0.1, 0.15) is 5.82 Å². The average molecular weight is 482 g/mol. The van der Waals surface area contributed by atoms with E-state index in [1.807, 2.05) is 37.2 Å². The van der Waals surface area contributed by atoms with Crippen LogP contribution in [0.2, 0.25) is 0 Å². The number of piperazine rings is 1. The zero-order valence-corrected chi connectivity index (χ0v) is 21.4. The predicted molar refractivity (Wildman–Crippen MR) is 138 cm³/mol. The molecule has 1 saturated carbocycles. The Morgan fingerprint density at radius 1 is 1.06 bits per heavy atom. The van der Waals surface area contributed by atoms with Crippen molar-refractivity contribution in [1.29, 1.82) is 0 Å². The molecule has 0 bridgehead atoms. The normalized spacial score (nSPS) is 21.3. The van der Waals surface area contributed by atoms with Crippen LogP contribution >= 0.6 is 11.8 Å². The number of thioether (sulfide) groups is 1. The van der Waals surface area contributed by atoms with Crippen molar-refractivity contribution >= 4 is 40.9 Å². The van der Waals surface area contributed by atoms with Gasteiger partial charge in [0.05, 0.1) is 21.5 Å². The first-order valence-electron chi connectivity index (χ1n) is 12.4. The Bertz CT molecular complexity index is 1030. The zero-order chi connectivity index (χ0) is 23.9. The molecule has 8 nitrogen and oxygen atoms in total. The van der Waals surface area contributed by atoms with Crippen LogP contribution in [0.15, 0.2) is 29.4 Å². The van der Waals surface area contributed by atoms with E-state index >= 15 is 0 Å². The molecular weight excluding hydrogens is 446 g/mol. The number of fused-ring (bicyclic) bond motifs is 1. The first-order chi connectivity index (χ1) is 16.3. The fourth-order valence-electron chi connectivity index (χ4n) is 5.13. The fourth-order valence-corrected chi connectivity index (χ4v) is 6.21. The molecule has 1 aliphatic carbocycles. The van der Waals surface area contributed by atoms with Gasteiger partial charge in [-0.1, -0.05) is 12.8 Å². The van der Waals surface area contributed by atoms with Crippen LogP contribution < -0.4 is 15.1 Å². The van der Waals surface area contributed by atoms with Crippen molar-refractivity contribution < 1.29 is 4.79 Å². The highest BCUT2D eigenvalue weighted by Crippen LogP contribution is 2.46. The molecule has 2 aliphatic heterocycles. The van der Waals surface area contributed by atoms with E-state index < -0.39 is 4.75 Å². The Morgan fingerprint density at radius 3 is 2.44 bits per heavy atom. The maximum atomic E-state index is 13.3. The monoisotopic (exact) mass is 481 g/mol. The number of aromatic nitrogens is 3. The number of nitrogens with one attached hydrogen (secondary N) is 1. The largest absolute Gasteiger partial charge is 0.368 e. The molecule has 1 amide bonds. The van der Waals surface area contributed by atoms with Crippen LogP contribution in [0.5, 0.6) is 0 Å². The van der Waals surface area contributed by atoms with Crippen LogP contribution in [0.4, 0.5) is 23.3 Å². The Kier molecular flexibility index (Phi) is 6.41. The Labute approximate surface area is 206 Å². The lowest BCUT2D eigenvalue weighted by Crippen LogP contribution is -2.51. The van der Waals surface area contributed by atoms with Crippen molar-refractivity contribution in [3.8, 4) is 0 Å². The number of pyridine rings is 1. The molecular formula is C25H35N7OS. The Morgan fingerprint density at radius 2 is 1.79 bits per heavy atom. The topological polar surface area (TPSA) is 77.5 Å². The summed E-state index contributed by atoms with van der Waals surface area (Å²) in [7, 11) is 0. The van der Waals surface area contributed by atoms with Gasteiger partial charge >= 0.3 is 0 Å². The maximum absolute atomic E-state index is 13.3. The zero-order valence-electron chi connectivity index (χ0n) is 20.6. The van der Waals surface area contributed by atoms with Crippen LogP contribution in [-0.4, -0.2) is 68.8 Å². The minimum atomic E-state index is -0.508. The van der Waals surface area contributed by atoms with Crippen molar-refractivity contribution in [1.82, 2.24) is 19.9 Å². The molecule has 34 heavy (non-hydrogen) atoms. The summed E-state index contributed by atoms with van der Waals surface area (Å²) in [5.41, 5.74) is 1.14. The third-order valence-electron chi connectivity index (χ3n) is 7.15. The molecule has 0 unspecified atom stereocenters. The lowest BCUT2D eigenvalue weighted by molar-refractivity contribution is -0.120. The molecule has 0 aromatic carbocycles. The molecule has 9 heteroatoms. The highest BCUT2D eigenvalue weighted by atomic mass is 32.2. The van der Waals surface area contributed by atoms with Gasteiger partial charge in [-0.05, 0) is 52.7 Å². The Hall–Kier alpha value is -2.39.